The average Bonchev–Trinajstić information content (AvgIpc) is 2.86. The van der Waals surface area contributed by atoms with Crippen LogP contribution in [0.5, 0.6) is 0 Å². The third-order valence-corrected chi connectivity index (χ3v) is 4.92. The highest BCUT2D eigenvalue weighted by Crippen LogP contribution is 2.25. The lowest BCUT2D eigenvalue weighted by molar-refractivity contribution is -0.122. The summed E-state index contributed by atoms with van der Waals surface area (Å²) in [7, 11) is 0. The van der Waals surface area contributed by atoms with Crippen LogP contribution in [0.4, 0.5) is 0 Å². The van der Waals surface area contributed by atoms with Gasteiger partial charge < -0.3 is 15.6 Å². The molecule has 124 valence electrons. The Morgan fingerprint density at radius 2 is 2.13 bits per heavy atom. The van der Waals surface area contributed by atoms with Crippen molar-refractivity contribution >= 4 is 16.9 Å². The lowest BCUT2D eigenvalue weighted by Gasteiger charge is -2.27. The summed E-state index contributed by atoms with van der Waals surface area (Å²) in [5, 5.41) is 3.04. The van der Waals surface area contributed by atoms with Gasteiger partial charge in [-0.05, 0) is 37.8 Å². The zero-order valence-corrected chi connectivity index (χ0v) is 13.8. The number of rotatable bonds is 5. The number of aromatic nitrogens is 2. The van der Waals surface area contributed by atoms with Gasteiger partial charge in [-0.1, -0.05) is 25.0 Å². The van der Waals surface area contributed by atoms with Crippen LogP contribution < -0.4 is 11.1 Å². The third kappa shape index (κ3) is 3.72. The lowest BCUT2D eigenvalue weighted by atomic mass is 9.83. The fraction of sp³-hybridized carbons (Fsp3) is 0.556. The molecule has 1 heterocycles. The minimum Gasteiger partial charge on any atom is -0.354 e. The second kappa shape index (κ2) is 7.13. The Labute approximate surface area is 137 Å². The number of carbonyl (C=O) groups excluding carboxylic acids is 1. The van der Waals surface area contributed by atoms with E-state index in [0.717, 1.165) is 36.2 Å². The van der Waals surface area contributed by atoms with E-state index >= 15 is 0 Å². The van der Waals surface area contributed by atoms with E-state index in [4.69, 9.17) is 5.73 Å². The van der Waals surface area contributed by atoms with E-state index in [-0.39, 0.29) is 11.9 Å². The highest BCUT2D eigenvalue weighted by molar-refractivity contribution is 5.77. The molecule has 2 unspecified atom stereocenters. The van der Waals surface area contributed by atoms with Crippen LogP contribution >= 0.6 is 0 Å². The first-order valence-electron chi connectivity index (χ1n) is 8.59. The Balaban J connectivity index is 1.52. The van der Waals surface area contributed by atoms with Crippen molar-refractivity contribution in [2.24, 2.45) is 11.7 Å². The monoisotopic (exact) mass is 314 g/mol. The molecule has 0 radical (unpaired) electrons. The van der Waals surface area contributed by atoms with E-state index in [2.05, 4.69) is 20.9 Å². The van der Waals surface area contributed by atoms with Crippen LogP contribution in [-0.4, -0.2) is 28.0 Å². The SMILES string of the molecule is Cc1nc2ccccc2n1CCNC(=O)CC1CCCCC1N. The van der Waals surface area contributed by atoms with Gasteiger partial charge in [-0.15, -0.1) is 0 Å². The molecule has 5 nitrogen and oxygen atoms in total. The molecule has 0 aliphatic heterocycles. The molecule has 1 saturated carbocycles. The Bertz CT molecular complexity index is 679. The molecule has 3 rings (SSSR count). The summed E-state index contributed by atoms with van der Waals surface area (Å²) in [5.74, 6) is 1.45. The second-order valence-electron chi connectivity index (χ2n) is 6.56. The first-order valence-corrected chi connectivity index (χ1v) is 8.59. The minimum atomic E-state index is 0.120. The van der Waals surface area contributed by atoms with Crippen LogP contribution in [0.1, 0.15) is 37.9 Å². The van der Waals surface area contributed by atoms with Gasteiger partial charge in [0.15, 0.2) is 0 Å². The number of hydrogen-bond acceptors (Lipinski definition) is 3. The molecular formula is C18H26N4O. The number of nitrogens with two attached hydrogens (primary N) is 1. The Kier molecular flexibility index (Phi) is 4.96. The molecule has 0 saturated heterocycles. The zero-order valence-electron chi connectivity index (χ0n) is 13.8. The van der Waals surface area contributed by atoms with Gasteiger partial charge in [0, 0.05) is 25.6 Å². The van der Waals surface area contributed by atoms with Gasteiger partial charge in [0.05, 0.1) is 11.0 Å². The van der Waals surface area contributed by atoms with E-state index in [0.29, 0.717) is 18.9 Å². The molecule has 23 heavy (non-hydrogen) atoms. The summed E-state index contributed by atoms with van der Waals surface area (Å²) < 4.78 is 2.15. The largest absolute Gasteiger partial charge is 0.354 e. The molecule has 1 aromatic heterocycles. The zero-order chi connectivity index (χ0) is 16.2. The van der Waals surface area contributed by atoms with E-state index in [1.54, 1.807) is 0 Å². The summed E-state index contributed by atoms with van der Waals surface area (Å²) in [6.07, 6.45) is 5.10. The number of benzene rings is 1. The average molecular weight is 314 g/mol. The van der Waals surface area contributed by atoms with Crippen LogP contribution in [0.3, 0.4) is 0 Å². The molecule has 1 amide bonds. The fourth-order valence-corrected chi connectivity index (χ4v) is 3.59. The van der Waals surface area contributed by atoms with Crippen molar-refractivity contribution in [1.29, 1.82) is 0 Å². The highest BCUT2D eigenvalue weighted by Gasteiger charge is 2.23. The minimum absolute atomic E-state index is 0.120. The second-order valence-corrected chi connectivity index (χ2v) is 6.56. The van der Waals surface area contributed by atoms with E-state index in [9.17, 15) is 4.79 Å². The number of amides is 1. The van der Waals surface area contributed by atoms with Crippen molar-refractivity contribution in [1.82, 2.24) is 14.9 Å². The summed E-state index contributed by atoms with van der Waals surface area (Å²) in [6.45, 7) is 3.37. The summed E-state index contributed by atoms with van der Waals surface area (Å²) in [4.78, 5) is 16.7. The molecule has 0 spiro atoms. The van der Waals surface area contributed by atoms with Gasteiger partial charge in [-0.3, -0.25) is 4.79 Å². The Morgan fingerprint density at radius 1 is 1.35 bits per heavy atom. The van der Waals surface area contributed by atoms with Gasteiger partial charge in [-0.25, -0.2) is 4.98 Å². The standard InChI is InChI=1S/C18H26N4O/c1-13-21-16-8-4-5-9-17(16)22(13)11-10-20-18(23)12-14-6-2-3-7-15(14)19/h4-5,8-9,14-15H,2-3,6-7,10-12,19H2,1H3,(H,20,23). The maximum atomic E-state index is 12.1. The van der Waals surface area contributed by atoms with Crippen molar-refractivity contribution < 1.29 is 4.79 Å². The molecule has 1 aliphatic rings. The van der Waals surface area contributed by atoms with Crippen LogP contribution in [-0.2, 0) is 11.3 Å². The topological polar surface area (TPSA) is 72.9 Å². The first-order chi connectivity index (χ1) is 11.1. The molecule has 2 atom stereocenters. The number of nitrogens with zero attached hydrogens (tertiary/aromatic N) is 2. The molecule has 3 N–H and O–H groups in total. The molecule has 5 heteroatoms. The van der Waals surface area contributed by atoms with Crippen LogP contribution in [0.25, 0.3) is 11.0 Å². The van der Waals surface area contributed by atoms with Gasteiger partial charge >= 0.3 is 0 Å². The number of carbonyl (C=O) groups is 1. The van der Waals surface area contributed by atoms with E-state index in [1.807, 2.05) is 25.1 Å². The predicted octanol–water partition coefficient (Wildman–Crippen LogP) is 2.37. The number of fused-ring (bicyclic) bond motifs is 1. The highest BCUT2D eigenvalue weighted by atomic mass is 16.1. The fourth-order valence-electron chi connectivity index (χ4n) is 3.59. The van der Waals surface area contributed by atoms with Crippen molar-refractivity contribution in [3.63, 3.8) is 0 Å². The molecule has 1 aliphatic carbocycles. The van der Waals surface area contributed by atoms with Crippen molar-refractivity contribution in [3.8, 4) is 0 Å². The van der Waals surface area contributed by atoms with Crippen LogP contribution in [0.15, 0.2) is 24.3 Å². The normalized spacial score (nSPS) is 21.5. The van der Waals surface area contributed by atoms with Crippen LogP contribution in [0.2, 0.25) is 0 Å². The number of hydrogen-bond donors (Lipinski definition) is 2. The number of para-hydroxylation sites is 2. The number of aryl methyl sites for hydroxylation is 1. The maximum Gasteiger partial charge on any atom is 0.220 e. The molecule has 1 fully saturated rings. The van der Waals surface area contributed by atoms with E-state index < -0.39 is 0 Å². The smallest absolute Gasteiger partial charge is 0.220 e. The van der Waals surface area contributed by atoms with Gasteiger partial charge in [0.25, 0.3) is 0 Å². The molecular weight excluding hydrogens is 288 g/mol. The number of imidazole rings is 1. The van der Waals surface area contributed by atoms with Gasteiger partial charge in [-0.2, -0.15) is 0 Å². The summed E-state index contributed by atoms with van der Waals surface area (Å²) in [6, 6.07) is 8.28. The van der Waals surface area contributed by atoms with Crippen LogP contribution in [0, 0.1) is 12.8 Å². The molecule has 0 bridgehead atoms. The number of nitrogens with one attached hydrogen (secondary N) is 1. The molecule has 2 aromatic rings. The maximum absolute atomic E-state index is 12.1. The summed E-state index contributed by atoms with van der Waals surface area (Å²) in [5.41, 5.74) is 8.25. The molecule has 1 aromatic carbocycles. The van der Waals surface area contributed by atoms with Crippen molar-refractivity contribution in [2.75, 3.05) is 6.54 Å². The summed E-state index contributed by atoms with van der Waals surface area (Å²) >= 11 is 0. The quantitative estimate of drug-likeness (QED) is 0.890. The lowest BCUT2D eigenvalue weighted by Crippen LogP contribution is -2.37. The van der Waals surface area contributed by atoms with Gasteiger partial charge in [0.2, 0.25) is 5.91 Å². The third-order valence-electron chi connectivity index (χ3n) is 4.92. The van der Waals surface area contributed by atoms with E-state index in [1.165, 1.54) is 12.8 Å². The van der Waals surface area contributed by atoms with Gasteiger partial charge in [0.1, 0.15) is 5.82 Å². The Hall–Kier alpha value is -1.88. The first kappa shape index (κ1) is 16.0. The van der Waals surface area contributed by atoms with Crippen molar-refractivity contribution in [2.45, 2.75) is 51.6 Å². The predicted molar refractivity (Wildman–Crippen MR) is 92.0 cm³/mol. The van der Waals surface area contributed by atoms with Crippen molar-refractivity contribution in [3.05, 3.63) is 30.1 Å². The Morgan fingerprint density at radius 3 is 2.96 bits per heavy atom.